The molecular formula is H10AlMgO10V-5. The molecule has 10 N–H and O–H groups in total. The van der Waals surface area contributed by atoms with Gasteiger partial charge in [-0.3, -0.25) is 0 Å². The normalized spacial score (nSPS) is 0. The maximum atomic E-state index is 0. The second-order valence-electron chi connectivity index (χ2n) is 0. The molecule has 0 aromatic carbocycles. The van der Waals surface area contributed by atoms with Crippen LogP contribution in [-0.2, 0) is 18.6 Å². The zero-order valence-electron chi connectivity index (χ0n) is 6.20. The average molecular weight is 272 g/mol. The second kappa shape index (κ2) is 955. The first-order chi connectivity index (χ1) is 0. The van der Waals surface area contributed by atoms with Crippen LogP contribution in [0.3, 0.4) is 0 Å². The largest absolute Gasteiger partial charge is 3.00 e. The molecule has 0 saturated heterocycles. The van der Waals surface area contributed by atoms with Gasteiger partial charge in [-0.2, -0.15) is 0 Å². The summed E-state index contributed by atoms with van der Waals surface area (Å²) in [6.07, 6.45) is 0. The topological polar surface area (TPSA) is 300 Å². The Morgan fingerprint density at radius 3 is 0.308 bits per heavy atom. The number of hydrogen-bond donors (Lipinski definition) is 0. The van der Waals surface area contributed by atoms with Gasteiger partial charge in [0.2, 0.25) is 0 Å². The van der Waals surface area contributed by atoms with Crippen molar-refractivity contribution in [3.8, 4) is 0 Å². The molecule has 0 unspecified atom stereocenters. The summed E-state index contributed by atoms with van der Waals surface area (Å²) in [6.45, 7) is 0. The third-order valence-corrected chi connectivity index (χ3v) is 0. The van der Waals surface area contributed by atoms with Crippen molar-refractivity contribution in [2.24, 2.45) is 0 Å². The van der Waals surface area contributed by atoms with Gasteiger partial charge in [-0.1, -0.05) is 0 Å². The summed E-state index contributed by atoms with van der Waals surface area (Å²) in [7, 11) is 0. The molecule has 85 valence electrons. The van der Waals surface area contributed by atoms with Gasteiger partial charge in [-0.05, 0) is 0 Å². The fourth-order valence-corrected chi connectivity index (χ4v) is 0. The van der Waals surface area contributed by atoms with E-state index < -0.39 is 0 Å². The summed E-state index contributed by atoms with van der Waals surface area (Å²) in [5.74, 6) is 0. The van der Waals surface area contributed by atoms with E-state index in [0.717, 1.165) is 0 Å². The predicted octanol–water partition coefficient (Wildman–Crippen LogP) is -2.53. The summed E-state index contributed by atoms with van der Waals surface area (Å²) in [4.78, 5) is 0. The minimum absolute atomic E-state index is 0. The standard InChI is InChI=1S/Al.Mg.10H2O.V/h;;10*1H2;/q+3;+2;;;;;;;;;;;/p-10. The van der Waals surface area contributed by atoms with Crippen LogP contribution >= 0.6 is 0 Å². The fraction of sp³-hybridized carbons (Fsp3) is 0. The van der Waals surface area contributed by atoms with Gasteiger partial charge < -0.3 is 54.8 Å². The Kier molecular flexibility index (Phi) is 87900. The molecule has 0 rings (SSSR count). The van der Waals surface area contributed by atoms with E-state index in [2.05, 4.69) is 0 Å². The molecule has 13 heavy (non-hydrogen) atoms. The van der Waals surface area contributed by atoms with Crippen molar-refractivity contribution in [1.29, 1.82) is 0 Å². The molecule has 0 heterocycles. The van der Waals surface area contributed by atoms with E-state index in [1.54, 1.807) is 0 Å². The predicted molar refractivity (Wildman–Crippen MR) is 30.9 cm³/mol. The van der Waals surface area contributed by atoms with Crippen LogP contribution < -0.4 is 0 Å². The van der Waals surface area contributed by atoms with Crippen LogP contribution in [0.2, 0.25) is 0 Å². The van der Waals surface area contributed by atoms with Crippen LogP contribution in [0.4, 0.5) is 0 Å². The smallest absolute Gasteiger partial charge is 0.870 e. The van der Waals surface area contributed by atoms with Gasteiger partial charge in [0.25, 0.3) is 0 Å². The summed E-state index contributed by atoms with van der Waals surface area (Å²) >= 11 is 0. The van der Waals surface area contributed by atoms with Gasteiger partial charge in [0, 0.05) is 18.6 Å². The van der Waals surface area contributed by atoms with Gasteiger partial charge in [-0.25, -0.2) is 0 Å². The van der Waals surface area contributed by atoms with E-state index in [-0.39, 0.29) is 114 Å². The van der Waals surface area contributed by atoms with Gasteiger partial charge in [0.15, 0.2) is 0 Å². The molecule has 0 aliphatic carbocycles. The summed E-state index contributed by atoms with van der Waals surface area (Å²) in [6, 6.07) is 0. The van der Waals surface area contributed by atoms with E-state index in [1.165, 1.54) is 0 Å². The zero-order chi connectivity index (χ0) is 0. The van der Waals surface area contributed by atoms with Crippen LogP contribution in [-0.4, -0.2) is 95.2 Å². The van der Waals surface area contributed by atoms with Crippen molar-refractivity contribution < 1.29 is 73.3 Å². The molecule has 0 saturated carbocycles. The van der Waals surface area contributed by atoms with E-state index in [0.29, 0.717) is 0 Å². The first-order valence-electron chi connectivity index (χ1n) is 0. The second-order valence-corrected chi connectivity index (χ2v) is 0. The minimum atomic E-state index is 0. The molecule has 0 aliphatic heterocycles. The zero-order valence-corrected chi connectivity index (χ0v) is 10.2. The third-order valence-electron chi connectivity index (χ3n) is 0. The Morgan fingerprint density at radius 1 is 0.308 bits per heavy atom. The molecule has 0 aromatic heterocycles. The van der Waals surface area contributed by atoms with Gasteiger partial charge >= 0.3 is 40.4 Å². The molecule has 0 amide bonds. The van der Waals surface area contributed by atoms with E-state index >= 15 is 0 Å². The Balaban J connectivity index is 0. The van der Waals surface area contributed by atoms with Crippen molar-refractivity contribution in [2.45, 2.75) is 0 Å². The molecule has 0 spiro atoms. The number of hydrogen-bond acceptors (Lipinski definition) is 10. The van der Waals surface area contributed by atoms with Crippen LogP contribution in [0.15, 0.2) is 0 Å². The first kappa shape index (κ1) is 1200. The van der Waals surface area contributed by atoms with Gasteiger partial charge in [-0.15, -0.1) is 0 Å². The monoisotopic (exact) mass is 272 g/mol. The van der Waals surface area contributed by atoms with Crippen LogP contribution in [0.25, 0.3) is 0 Å². The third kappa shape index (κ3) is 808. The average Bonchev–Trinajstić information content (AvgIpc) is 0. The molecule has 10 nitrogen and oxygen atoms in total. The summed E-state index contributed by atoms with van der Waals surface area (Å²) < 4.78 is 0. The molecule has 1 radical (unpaired) electrons. The fourth-order valence-electron chi connectivity index (χ4n) is 0. The molecule has 0 atom stereocenters. The summed E-state index contributed by atoms with van der Waals surface area (Å²) in [5.41, 5.74) is 0. The van der Waals surface area contributed by atoms with Crippen LogP contribution in [0.1, 0.15) is 0 Å². The van der Waals surface area contributed by atoms with E-state index in [9.17, 15) is 0 Å². The summed E-state index contributed by atoms with van der Waals surface area (Å²) in [5, 5.41) is 0. The molecule has 0 bridgehead atoms. The van der Waals surface area contributed by atoms with E-state index in [4.69, 9.17) is 0 Å². The van der Waals surface area contributed by atoms with Crippen molar-refractivity contribution in [1.82, 2.24) is 0 Å². The molecule has 0 aliphatic rings. The van der Waals surface area contributed by atoms with E-state index in [1.807, 2.05) is 0 Å². The van der Waals surface area contributed by atoms with Crippen molar-refractivity contribution in [3.63, 3.8) is 0 Å². The molecular weight excluding hydrogens is 262 g/mol. The maximum absolute atomic E-state index is 0. The van der Waals surface area contributed by atoms with Crippen molar-refractivity contribution in [3.05, 3.63) is 0 Å². The van der Waals surface area contributed by atoms with Crippen molar-refractivity contribution >= 4 is 40.4 Å². The van der Waals surface area contributed by atoms with Crippen molar-refractivity contribution in [2.75, 3.05) is 0 Å². The SMILES string of the molecule is [Al+3].[Mg+2].[OH-].[OH-].[OH-].[OH-].[OH-].[OH-].[OH-].[OH-].[OH-].[OH-].[V]. The van der Waals surface area contributed by atoms with Gasteiger partial charge in [0.05, 0.1) is 0 Å². The number of rotatable bonds is 0. The Labute approximate surface area is 113 Å². The Morgan fingerprint density at radius 2 is 0.308 bits per heavy atom. The van der Waals surface area contributed by atoms with Crippen LogP contribution in [0, 0.1) is 0 Å². The molecule has 0 aromatic rings. The molecule has 13 heteroatoms. The minimum Gasteiger partial charge on any atom is -0.870 e. The molecule has 0 fully saturated rings. The van der Waals surface area contributed by atoms with Gasteiger partial charge in [0.1, 0.15) is 0 Å². The maximum Gasteiger partial charge on any atom is 3.00 e. The Bertz CT molecular complexity index is 14.9. The quantitative estimate of drug-likeness (QED) is 0.415. The van der Waals surface area contributed by atoms with Crippen LogP contribution in [0.5, 0.6) is 0 Å². The Hall–Kier alpha value is 1.48. The first-order valence-corrected chi connectivity index (χ1v) is 0.